The highest BCUT2D eigenvalue weighted by Gasteiger charge is 2.42. The fourth-order valence-corrected chi connectivity index (χ4v) is 3.08. The molecule has 0 bridgehead atoms. The molecular weight excluding hydrogens is 361 g/mol. The molecule has 2 aromatic rings. The number of halogens is 3. The van der Waals surface area contributed by atoms with Crippen molar-refractivity contribution in [2.45, 2.75) is 45.5 Å². The van der Waals surface area contributed by atoms with E-state index in [9.17, 15) is 18.0 Å². The second-order valence-electron chi connectivity index (χ2n) is 6.45. The van der Waals surface area contributed by atoms with Gasteiger partial charge in [0.1, 0.15) is 11.6 Å². The molecule has 0 saturated heterocycles. The fourth-order valence-electron chi connectivity index (χ4n) is 3.08. The van der Waals surface area contributed by atoms with E-state index in [1.807, 2.05) is 6.92 Å². The number of nitrogens with one attached hydrogen (secondary N) is 1. The van der Waals surface area contributed by atoms with Gasteiger partial charge in [0.25, 0.3) is 0 Å². The predicted octanol–water partition coefficient (Wildman–Crippen LogP) is 2.66. The maximum Gasteiger partial charge on any atom is 0.393 e. The Morgan fingerprint density at radius 3 is 2.70 bits per heavy atom. The third-order valence-electron chi connectivity index (χ3n) is 4.53. The van der Waals surface area contributed by atoms with Gasteiger partial charge in [-0.2, -0.15) is 13.2 Å². The number of alkyl halides is 3. The zero-order valence-corrected chi connectivity index (χ0v) is 14.9. The van der Waals surface area contributed by atoms with Crippen molar-refractivity contribution in [3.05, 3.63) is 41.5 Å². The summed E-state index contributed by atoms with van der Waals surface area (Å²) in [5.41, 5.74) is 0.816. The first-order valence-electron chi connectivity index (χ1n) is 8.83. The largest absolute Gasteiger partial charge is 0.494 e. The van der Waals surface area contributed by atoms with Gasteiger partial charge in [-0.05, 0) is 31.0 Å². The fraction of sp³-hybridized carbons (Fsp3) is 0.500. The van der Waals surface area contributed by atoms with Gasteiger partial charge in [0.15, 0.2) is 5.82 Å². The lowest BCUT2D eigenvalue weighted by molar-refractivity contribution is -0.182. The Kier molecular flexibility index (Phi) is 5.67. The van der Waals surface area contributed by atoms with E-state index in [-0.39, 0.29) is 38.3 Å². The summed E-state index contributed by atoms with van der Waals surface area (Å²) in [6, 6.07) is 7.19. The molecule has 1 aromatic carbocycles. The molecule has 146 valence electrons. The zero-order chi connectivity index (χ0) is 19.4. The molecule has 0 fully saturated rings. The predicted molar refractivity (Wildman–Crippen MR) is 91.0 cm³/mol. The Balaban J connectivity index is 1.56. The van der Waals surface area contributed by atoms with E-state index in [1.54, 1.807) is 24.3 Å². The van der Waals surface area contributed by atoms with Gasteiger partial charge in [0.05, 0.1) is 25.5 Å². The topological polar surface area (TPSA) is 69.0 Å². The molecular formula is C18H21F3N4O2. The molecule has 0 aliphatic carbocycles. The number of amides is 1. The van der Waals surface area contributed by atoms with Gasteiger partial charge >= 0.3 is 6.18 Å². The van der Waals surface area contributed by atoms with Crippen LogP contribution in [0.1, 0.15) is 30.6 Å². The van der Waals surface area contributed by atoms with Crippen molar-refractivity contribution >= 4 is 5.91 Å². The Labute approximate surface area is 154 Å². The van der Waals surface area contributed by atoms with E-state index < -0.39 is 12.1 Å². The normalized spacial score (nSPS) is 16.7. The molecule has 0 saturated carbocycles. The number of carbonyl (C=O) groups excluding carboxylic acids is 1. The summed E-state index contributed by atoms with van der Waals surface area (Å²) < 4.78 is 45.7. The van der Waals surface area contributed by atoms with Crippen molar-refractivity contribution in [1.82, 2.24) is 20.1 Å². The molecule has 3 rings (SSSR count). The molecule has 1 aliphatic heterocycles. The molecule has 1 aromatic heterocycles. The van der Waals surface area contributed by atoms with Gasteiger partial charge in [0, 0.05) is 13.0 Å². The number of ether oxygens (including phenoxy) is 1. The van der Waals surface area contributed by atoms with Crippen molar-refractivity contribution in [3.63, 3.8) is 0 Å². The van der Waals surface area contributed by atoms with Gasteiger partial charge in [-0.1, -0.05) is 12.1 Å². The van der Waals surface area contributed by atoms with Crippen LogP contribution in [0, 0.1) is 5.92 Å². The molecule has 27 heavy (non-hydrogen) atoms. The lowest BCUT2D eigenvalue weighted by atomic mass is 9.99. The number of hydrogen-bond acceptors (Lipinski definition) is 4. The molecule has 1 aliphatic rings. The number of aryl methyl sites for hydroxylation is 1. The van der Waals surface area contributed by atoms with Crippen molar-refractivity contribution in [2.24, 2.45) is 5.92 Å². The lowest BCUT2D eigenvalue weighted by Gasteiger charge is -2.26. The summed E-state index contributed by atoms with van der Waals surface area (Å²) in [4.78, 5) is 12.1. The van der Waals surface area contributed by atoms with Crippen LogP contribution in [-0.4, -0.2) is 33.5 Å². The number of aromatic nitrogens is 3. The molecule has 6 nitrogen and oxygen atoms in total. The highest BCUT2D eigenvalue weighted by Crippen LogP contribution is 2.34. The highest BCUT2D eigenvalue weighted by atomic mass is 19.4. The van der Waals surface area contributed by atoms with Crippen LogP contribution < -0.4 is 10.1 Å². The number of hydrogen-bond donors (Lipinski definition) is 1. The smallest absolute Gasteiger partial charge is 0.393 e. The summed E-state index contributed by atoms with van der Waals surface area (Å²) in [5.74, 6) is -0.0276. The third kappa shape index (κ3) is 4.78. The molecule has 2 heterocycles. The van der Waals surface area contributed by atoms with E-state index in [2.05, 4.69) is 15.5 Å². The Morgan fingerprint density at radius 2 is 2.04 bits per heavy atom. The number of rotatable bonds is 6. The average molecular weight is 382 g/mol. The van der Waals surface area contributed by atoms with E-state index >= 15 is 0 Å². The minimum Gasteiger partial charge on any atom is -0.494 e. The summed E-state index contributed by atoms with van der Waals surface area (Å²) >= 11 is 0. The third-order valence-corrected chi connectivity index (χ3v) is 4.53. The van der Waals surface area contributed by atoms with Gasteiger partial charge < -0.3 is 14.6 Å². The summed E-state index contributed by atoms with van der Waals surface area (Å²) in [6.45, 7) is 2.31. The van der Waals surface area contributed by atoms with Crippen LogP contribution in [0.2, 0.25) is 0 Å². The van der Waals surface area contributed by atoms with E-state index in [4.69, 9.17) is 4.74 Å². The van der Waals surface area contributed by atoms with Crippen molar-refractivity contribution < 1.29 is 22.7 Å². The summed E-state index contributed by atoms with van der Waals surface area (Å²) in [7, 11) is 0. The maximum absolute atomic E-state index is 13.0. The molecule has 1 atom stereocenters. The molecule has 1 amide bonds. The van der Waals surface area contributed by atoms with E-state index in [0.717, 1.165) is 11.3 Å². The first-order valence-corrected chi connectivity index (χ1v) is 8.83. The van der Waals surface area contributed by atoms with Crippen LogP contribution in [0.3, 0.4) is 0 Å². The Hall–Kier alpha value is -2.58. The Morgan fingerprint density at radius 1 is 1.30 bits per heavy atom. The minimum absolute atomic E-state index is 0.0196. The minimum atomic E-state index is -4.24. The maximum atomic E-state index is 13.0. The highest BCUT2D eigenvalue weighted by molar-refractivity contribution is 5.78. The van der Waals surface area contributed by atoms with Crippen molar-refractivity contribution in [3.8, 4) is 5.75 Å². The molecule has 0 spiro atoms. The molecule has 0 unspecified atom stereocenters. The monoisotopic (exact) mass is 382 g/mol. The van der Waals surface area contributed by atoms with Crippen LogP contribution in [0.4, 0.5) is 13.2 Å². The van der Waals surface area contributed by atoms with Crippen molar-refractivity contribution in [1.29, 1.82) is 0 Å². The number of carbonyl (C=O) groups is 1. The lowest BCUT2D eigenvalue weighted by Crippen LogP contribution is -2.34. The van der Waals surface area contributed by atoms with Crippen LogP contribution in [0.25, 0.3) is 0 Å². The van der Waals surface area contributed by atoms with Crippen molar-refractivity contribution in [2.75, 3.05) is 6.61 Å². The average Bonchev–Trinajstić information content (AvgIpc) is 3.03. The quantitative estimate of drug-likeness (QED) is 0.834. The summed E-state index contributed by atoms with van der Waals surface area (Å²) in [5, 5.41) is 10.6. The SMILES string of the molecule is CCOc1ccc(CC(=O)NCc2nnc3n2C[C@H](C(F)(F)F)CC3)cc1. The molecule has 1 N–H and O–H groups in total. The van der Waals surface area contributed by atoms with Gasteiger partial charge in [-0.15, -0.1) is 10.2 Å². The first-order chi connectivity index (χ1) is 12.9. The van der Waals surface area contributed by atoms with Gasteiger partial charge in [0.2, 0.25) is 5.91 Å². The number of benzene rings is 1. The second-order valence-corrected chi connectivity index (χ2v) is 6.45. The first kappa shape index (κ1) is 19.2. The van der Waals surface area contributed by atoms with Gasteiger partial charge in [-0.3, -0.25) is 4.79 Å². The molecule has 0 radical (unpaired) electrons. The van der Waals surface area contributed by atoms with E-state index in [1.165, 1.54) is 4.57 Å². The van der Waals surface area contributed by atoms with E-state index in [0.29, 0.717) is 18.3 Å². The van der Waals surface area contributed by atoms with Crippen LogP contribution >= 0.6 is 0 Å². The summed E-state index contributed by atoms with van der Waals surface area (Å²) in [6.07, 6.45) is -3.82. The Bertz CT molecular complexity index is 787. The molecule has 9 heteroatoms. The van der Waals surface area contributed by atoms with Crippen LogP contribution in [-0.2, 0) is 30.7 Å². The zero-order valence-electron chi connectivity index (χ0n) is 14.9. The standard InChI is InChI=1S/C18H21F3N4O2/c1-2-27-14-6-3-12(4-7-14)9-17(26)22-10-16-24-23-15-8-5-13(11-25(15)16)18(19,20)21/h3-4,6-7,13H,2,5,8-11H2,1H3,(H,22,26)/t13-/m1/s1. The second kappa shape index (κ2) is 7.98. The van der Waals surface area contributed by atoms with Crippen LogP contribution in [0.5, 0.6) is 5.75 Å². The van der Waals surface area contributed by atoms with Gasteiger partial charge in [-0.25, -0.2) is 0 Å². The number of fused-ring (bicyclic) bond motifs is 1. The van der Waals surface area contributed by atoms with Crippen LogP contribution in [0.15, 0.2) is 24.3 Å². The number of nitrogens with zero attached hydrogens (tertiary/aromatic N) is 3.